The molecule has 2 heterocycles. The SMILES string of the molecule is C=C(CCc1c(-c2ccc(F)cc2)[nH]c2c(F)cc(F)cc12)NC1CC2(CC2)NC1=O. The van der Waals surface area contributed by atoms with Crippen molar-refractivity contribution in [1.29, 1.82) is 0 Å². The Balaban J connectivity index is 1.41. The van der Waals surface area contributed by atoms with E-state index >= 15 is 0 Å². The van der Waals surface area contributed by atoms with Gasteiger partial charge >= 0.3 is 0 Å². The van der Waals surface area contributed by atoms with Gasteiger partial charge in [-0.25, -0.2) is 13.2 Å². The second kappa shape index (κ2) is 7.18. The van der Waals surface area contributed by atoms with Crippen LogP contribution >= 0.6 is 0 Å². The van der Waals surface area contributed by atoms with Crippen LogP contribution in [-0.2, 0) is 11.2 Å². The van der Waals surface area contributed by atoms with E-state index in [4.69, 9.17) is 0 Å². The first kappa shape index (κ1) is 19.7. The van der Waals surface area contributed by atoms with Gasteiger partial charge in [0.2, 0.25) is 5.91 Å². The second-order valence-electron chi connectivity index (χ2n) is 8.57. The smallest absolute Gasteiger partial charge is 0.243 e. The van der Waals surface area contributed by atoms with Crippen LogP contribution in [0.4, 0.5) is 13.2 Å². The zero-order chi connectivity index (χ0) is 21.8. The average molecular weight is 425 g/mol. The largest absolute Gasteiger partial charge is 0.377 e. The molecule has 31 heavy (non-hydrogen) atoms. The molecule has 160 valence electrons. The summed E-state index contributed by atoms with van der Waals surface area (Å²) in [6.45, 7) is 4.05. The molecule has 1 saturated heterocycles. The minimum Gasteiger partial charge on any atom is -0.377 e. The minimum absolute atomic E-state index is 0.0121. The number of allylic oxidation sites excluding steroid dienone is 1. The lowest BCUT2D eigenvalue weighted by atomic mass is 10.00. The van der Waals surface area contributed by atoms with Gasteiger partial charge in [-0.05, 0) is 73.6 Å². The number of carbonyl (C=O) groups is 1. The van der Waals surface area contributed by atoms with Crippen molar-refractivity contribution in [3.8, 4) is 11.3 Å². The van der Waals surface area contributed by atoms with Gasteiger partial charge in [0.1, 0.15) is 23.5 Å². The fourth-order valence-electron chi connectivity index (χ4n) is 4.47. The molecular formula is C24H22F3N3O. The molecule has 2 aliphatic rings. The number of H-pyrrole nitrogens is 1. The number of fused-ring (bicyclic) bond motifs is 1. The summed E-state index contributed by atoms with van der Waals surface area (Å²) >= 11 is 0. The third-order valence-corrected chi connectivity index (χ3v) is 6.27. The molecule has 7 heteroatoms. The topological polar surface area (TPSA) is 56.9 Å². The average Bonchev–Trinajstić information content (AvgIpc) is 3.25. The predicted octanol–water partition coefficient (Wildman–Crippen LogP) is 4.71. The van der Waals surface area contributed by atoms with Gasteiger partial charge in [-0.2, -0.15) is 0 Å². The van der Waals surface area contributed by atoms with Crippen molar-refractivity contribution in [1.82, 2.24) is 15.6 Å². The van der Waals surface area contributed by atoms with Crippen molar-refractivity contribution in [3.05, 3.63) is 71.7 Å². The molecule has 1 aliphatic heterocycles. The number of amides is 1. The number of nitrogens with one attached hydrogen (secondary N) is 3. The van der Waals surface area contributed by atoms with Gasteiger partial charge in [-0.3, -0.25) is 4.79 Å². The first-order valence-corrected chi connectivity index (χ1v) is 10.4. The van der Waals surface area contributed by atoms with Gasteiger partial charge in [-0.1, -0.05) is 6.58 Å². The molecule has 1 aromatic heterocycles. The number of benzene rings is 2. The third kappa shape index (κ3) is 3.69. The summed E-state index contributed by atoms with van der Waals surface area (Å²) in [7, 11) is 0. The van der Waals surface area contributed by atoms with Crippen molar-refractivity contribution in [2.75, 3.05) is 0 Å². The fraction of sp³-hybridized carbons (Fsp3) is 0.292. The summed E-state index contributed by atoms with van der Waals surface area (Å²) in [6.07, 6.45) is 3.69. The molecule has 2 aromatic carbocycles. The van der Waals surface area contributed by atoms with E-state index in [0.29, 0.717) is 35.2 Å². The quantitative estimate of drug-likeness (QED) is 0.536. The van der Waals surface area contributed by atoms with Crippen LogP contribution in [0.2, 0.25) is 0 Å². The lowest BCUT2D eigenvalue weighted by molar-refractivity contribution is -0.121. The number of aryl methyl sites for hydroxylation is 1. The van der Waals surface area contributed by atoms with Crippen LogP contribution in [0.15, 0.2) is 48.7 Å². The van der Waals surface area contributed by atoms with Crippen molar-refractivity contribution >= 4 is 16.8 Å². The van der Waals surface area contributed by atoms with Crippen LogP contribution in [0, 0.1) is 17.5 Å². The Bertz CT molecular complexity index is 1190. The van der Waals surface area contributed by atoms with Gasteiger partial charge in [0.25, 0.3) is 0 Å². The zero-order valence-electron chi connectivity index (χ0n) is 16.8. The molecule has 5 rings (SSSR count). The van der Waals surface area contributed by atoms with Gasteiger partial charge in [-0.15, -0.1) is 0 Å². The minimum atomic E-state index is -0.682. The molecule has 1 spiro atoms. The number of hydrogen-bond donors (Lipinski definition) is 3. The molecule has 4 nitrogen and oxygen atoms in total. The maximum Gasteiger partial charge on any atom is 0.243 e. The van der Waals surface area contributed by atoms with Crippen molar-refractivity contribution in [2.24, 2.45) is 0 Å². The molecule has 1 aliphatic carbocycles. The van der Waals surface area contributed by atoms with Gasteiger partial charge in [0.05, 0.1) is 5.52 Å². The van der Waals surface area contributed by atoms with E-state index in [1.54, 1.807) is 12.1 Å². The number of aromatic nitrogens is 1. The highest BCUT2D eigenvalue weighted by molar-refractivity contribution is 5.91. The molecule has 0 radical (unpaired) electrons. The summed E-state index contributed by atoms with van der Waals surface area (Å²) < 4.78 is 41.8. The van der Waals surface area contributed by atoms with Crippen LogP contribution in [0.1, 0.15) is 31.2 Å². The highest BCUT2D eigenvalue weighted by Gasteiger charge is 2.52. The standard InChI is InChI=1S/C24H22F3N3O/c1-13(28-20-12-24(8-9-24)30-23(20)31)2-7-17-18-10-16(26)11-19(27)22(18)29-21(17)14-3-5-15(25)6-4-14/h3-6,10-11,20,28-29H,1-2,7-9,12H2,(H,30,31). The van der Waals surface area contributed by atoms with Crippen molar-refractivity contribution in [2.45, 2.75) is 43.7 Å². The maximum atomic E-state index is 14.4. The molecule has 1 unspecified atom stereocenters. The summed E-state index contributed by atoms with van der Waals surface area (Å²) in [5.74, 6) is -1.73. The Hall–Kier alpha value is -3.22. The van der Waals surface area contributed by atoms with E-state index < -0.39 is 11.6 Å². The van der Waals surface area contributed by atoms with E-state index in [1.807, 2.05) is 0 Å². The first-order chi connectivity index (χ1) is 14.8. The fourth-order valence-corrected chi connectivity index (χ4v) is 4.47. The summed E-state index contributed by atoms with van der Waals surface area (Å²) in [6, 6.07) is 7.69. The van der Waals surface area contributed by atoms with Crippen LogP contribution in [0.3, 0.4) is 0 Å². The van der Waals surface area contributed by atoms with Crippen molar-refractivity contribution in [3.63, 3.8) is 0 Å². The Labute approximate surface area is 177 Å². The molecule has 1 atom stereocenters. The number of rotatable bonds is 6. The van der Waals surface area contributed by atoms with Crippen molar-refractivity contribution < 1.29 is 18.0 Å². The Morgan fingerprint density at radius 1 is 1.13 bits per heavy atom. The summed E-state index contributed by atoms with van der Waals surface area (Å²) in [5, 5.41) is 6.69. The van der Waals surface area contributed by atoms with E-state index in [1.165, 1.54) is 18.2 Å². The molecule has 3 N–H and O–H groups in total. The van der Waals surface area contributed by atoms with Crippen LogP contribution in [0.25, 0.3) is 22.2 Å². The second-order valence-corrected chi connectivity index (χ2v) is 8.57. The molecule has 2 fully saturated rings. The molecule has 1 amide bonds. The van der Waals surface area contributed by atoms with E-state index in [2.05, 4.69) is 22.2 Å². The lowest BCUT2D eigenvalue weighted by Gasteiger charge is -2.14. The summed E-state index contributed by atoms with van der Waals surface area (Å²) in [5.41, 5.74) is 2.88. The molecule has 0 bridgehead atoms. The molecule has 3 aromatic rings. The lowest BCUT2D eigenvalue weighted by Crippen LogP contribution is -2.35. The third-order valence-electron chi connectivity index (χ3n) is 6.27. The van der Waals surface area contributed by atoms with Gasteiger partial charge < -0.3 is 15.6 Å². The highest BCUT2D eigenvalue weighted by atomic mass is 19.1. The molecular weight excluding hydrogens is 403 g/mol. The van der Waals surface area contributed by atoms with E-state index in [0.717, 1.165) is 30.9 Å². The zero-order valence-corrected chi connectivity index (χ0v) is 16.8. The number of hydrogen-bond acceptors (Lipinski definition) is 2. The Kier molecular flexibility index (Phi) is 4.57. The maximum absolute atomic E-state index is 14.4. The highest BCUT2D eigenvalue weighted by Crippen LogP contribution is 2.43. The first-order valence-electron chi connectivity index (χ1n) is 10.4. The Morgan fingerprint density at radius 2 is 1.87 bits per heavy atom. The molecule has 1 saturated carbocycles. The number of halogens is 3. The summed E-state index contributed by atoms with van der Waals surface area (Å²) in [4.78, 5) is 15.2. The van der Waals surface area contributed by atoms with E-state index in [9.17, 15) is 18.0 Å². The monoisotopic (exact) mass is 425 g/mol. The number of aromatic amines is 1. The Morgan fingerprint density at radius 3 is 2.55 bits per heavy atom. The van der Waals surface area contributed by atoms with Crippen LogP contribution in [-0.4, -0.2) is 22.5 Å². The predicted molar refractivity (Wildman–Crippen MR) is 113 cm³/mol. The van der Waals surface area contributed by atoms with Gasteiger partial charge in [0, 0.05) is 28.4 Å². The van der Waals surface area contributed by atoms with Gasteiger partial charge in [0.15, 0.2) is 0 Å². The van der Waals surface area contributed by atoms with Crippen LogP contribution < -0.4 is 10.6 Å². The number of carbonyl (C=O) groups excluding carboxylic acids is 1. The van der Waals surface area contributed by atoms with Crippen LogP contribution in [0.5, 0.6) is 0 Å². The normalized spacial score (nSPS) is 19.1. The van der Waals surface area contributed by atoms with E-state index in [-0.39, 0.29) is 28.8 Å².